The molecule has 1 aromatic carbocycles. The average Bonchev–Trinajstić information content (AvgIpc) is 2.98. The second-order valence-corrected chi connectivity index (χ2v) is 7.11. The van der Waals surface area contributed by atoms with Crippen LogP contribution in [0, 0.1) is 0 Å². The lowest BCUT2D eigenvalue weighted by Gasteiger charge is -2.17. The Bertz CT molecular complexity index is 1140. The Balaban J connectivity index is 1.96. The number of ether oxygens (including phenoxy) is 3. The zero-order chi connectivity index (χ0) is 25.4. The maximum atomic E-state index is 12.6. The number of hydrogen-bond acceptors (Lipinski definition) is 8. The first-order valence-corrected chi connectivity index (χ1v) is 9.29. The molecule has 0 bridgehead atoms. The number of aromatic nitrogens is 2. The van der Waals surface area contributed by atoms with E-state index in [-0.39, 0.29) is 11.1 Å². The van der Waals surface area contributed by atoms with Gasteiger partial charge in [-0.05, 0) is 17.7 Å². The molecule has 4 N–H and O–H groups in total. The van der Waals surface area contributed by atoms with Gasteiger partial charge in [0.25, 0.3) is 5.56 Å². The fraction of sp³-hybridized carbons (Fsp3) is 0.444. The highest BCUT2D eigenvalue weighted by Crippen LogP contribution is 2.36. The summed E-state index contributed by atoms with van der Waals surface area (Å²) in [5, 5.41) is 29.1. The molecule has 3 rings (SSSR count). The summed E-state index contributed by atoms with van der Waals surface area (Å²) < 4.78 is 88.5. The summed E-state index contributed by atoms with van der Waals surface area (Å²) in [6, 6.07) is 2.03. The molecule has 1 saturated heterocycles. The number of hydrogen-bond donors (Lipinski definition) is 4. The lowest BCUT2D eigenvalue weighted by atomic mass is 10.0. The van der Waals surface area contributed by atoms with Crippen LogP contribution in [0.5, 0.6) is 11.5 Å². The van der Waals surface area contributed by atoms with Gasteiger partial charge in [0.1, 0.15) is 24.4 Å². The van der Waals surface area contributed by atoms with E-state index in [1.165, 1.54) is 0 Å². The van der Waals surface area contributed by atoms with Gasteiger partial charge in [0, 0.05) is 6.20 Å². The van der Waals surface area contributed by atoms with Crippen LogP contribution in [-0.2, 0) is 11.3 Å². The molecule has 0 unspecified atom stereocenters. The maximum absolute atomic E-state index is 12.6. The van der Waals surface area contributed by atoms with E-state index in [2.05, 4.69) is 9.47 Å². The summed E-state index contributed by atoms with van der Waals surface area (Å²) in [5.74, 6) is -2.61. The highest BCUT2D eigenvalue weighted by Gasteiger charge is 2.44. The smallest absolute Gasteiger partial charge is 0.402 e. The summed E-state index contributed by atoms with van der Waals surface area (Å²) in [4.78, 5) is 26.3. The van der Waals surface area contributed by atoms with Crippen molar-refractivity contribution in [2.75, 3.05) is 6.61 Å². The Hall–Kier alpha value is -3.08. The molecule has 0 aliphatic carbocycles. The third-order valence-electron chi connectivity index (χ3n) is 4.70. The van der Waals surface area contributed by atoms with Crippen molar-refractivity contribution in [2.24, 2.45) is 0 Å². The van der Waals surface area contributed by atoms with Crippen LogP contribution >= 0.6 is 0 Å². The molecule has 1 fully saturated rings. The van der Waals surface area contributed by atoms with Gasteiger partial charge >= 0.3 is 18.4 Å². The van der Waals surface area contributed by atoms with Gasteiger partial charge in [-0.15, -0.1) is 26.3 Å². The predicted octanol–water partition coefficient (Wildman–Crippen LogP) is 0.536. The van der Waals surface area contributed by atoms with Gasteiger partial charge in [-0.3, -0.25) is 14.3 Å². The van der Waals surface area contributed by atoms with Gasteiger partial charge < -0.3 is 29.5 Å². The minimum absolute atomic E-state index is 0.157. The number of alkyl halides is 6. The number of aliphatic hydroxyl groups excluding tert-OH is 3. The van der Waals surface area contributed by atoms with Crippen LogP contribution in [0.1, 0.15) is 17.2 Å². The first-order valence-electron chi connectivity index (χ1n) is 9.29. The second kappa shape index (κ2) is 9.28. The summed E-state index contributed by atoms with van der Waals surface area (Å²) in [6.07, 6.45) is -15.7. The summed E-state index contributed by atoms with van der Waals surface area (Å²) in [7, 11) is 0. The Morgan fingerprint density at radius 3 is 2.18 bits per heavy atom. The monoisotopic (exact) mass is 502 g/mol. The van der Waals surface area contributed by atoms with E-state index >= 15 is 0 Å². The Morgan fingerprint density at radius 1 is 1.00 bits per heavy atom. The topological polar surface area (TPSA) is 143 Å². The van der Waals surface area contributed by atoms with Crippen molar-refractivity contribution in [1.82, 2.24) is 9.55 Å². The van der Waals surface area contributed by atoms with Crippen molar-refractivity contribution < 1.29 is 55.9 Å². The first kappa shape index (κ1) is 25.5. The molecular formula is C18H16F6N2O8. The van der Waals surface area contributed by atoms with Gasteiger partial charge in [0.2, 0.25) is 0 Å². The Labute approximate surface area is 184 Å². The Kier molecular flexibility index (Phi) is 6.97. The number of rotatable bonds is 6. The molecule has 0 spiro atoms. The highest BCUT2D eigenvalue weighted by molar-refractivity contribution is 5.43. The zero-order valence-corrected chi connectivity index (χ0v) is 16.6. The maximum Gasteiger partial charge on any atom is 0.573 e. The van der Waals surface area contributed by atoms with E-state index in [9.17, 15) is 51.3 Å². The molecule has 2 heterocycles. The standard InChI is InChI=1S/C18H16F6N2O8/c19-17(20,21)33-9-2-1-7(3-10(9)34-18(22,23)24)4-26-5-8(15(30)25-16(26)31)14-13(29)12(28)11(6-27)32-14/h1-3,5,11-14,27-29H,4,6H2,(H,25,30,31)/t11-,12-,13-,14+/m1/s1. The number of aliphatic hydroxyl groups is 3. The van der Waals surface area contributed by atoms with Crippen LogP contribution in [0.15, 0.2) is 34.0 Å². The van der Waals surface area contributed by atoms with Crippen molar-refractivity contribution in [3.8, 4) is 11.5 Å². The molecule has 1 aromatic heterocycles. The summed E-state index contributed by atoms with van der Waals surface area (Å²) in [5.41, 5.74) is -2.57. The van der Waals surface area contributed by atoms with Crippen LogP contribution in [0.2, 0.25) is 0 Å². The van der Waals surface area contributed by atoms with Crippen LogP contribution in [0.25, 0.3) is 0 Å². The number of aromatic amines is 1. The quantitative estimate of drug-likeness (QED) is 0.419. The predicted molar refractivity (Wildman–Crippen MR) is 96.9 cm³/mol. The summed E-state index contributed by atoms with van der Waals surface area (Å²) in [6.45, 7) is -1.25. The molecule has 10 nitrogen and oxygen atoms in total. The fourth-order valence-corrected chi connectivity index (χ4v) is 3.26. The van der Waals surface area contributed by atoms with Crippen molar-refractivity contribution in [1.29, 1.82) is 0 Å². The van der Waals surface area contributed by atoms with Crippen molar-refractivity contribution in [3.05, 3.63) is 56.4 Å². The number of nitrogens with one attached hydrogen (secondary N) is 1. The number of halogens is 6. The third-order valence-corrected chi connectivity index (χ3v) is 4.70. The summed E-state index contributed by atoms with van der Waals surface area (Å²) >= 11 is 0. The SMILES string of the molecule is O=c1[nH]c(=O)n(Cc2ccc(OC(F)(F)F)c(OC(F)(F)F)c2)cc1[C@@H]1O[C@H](CO)[C@@H](O)[C@H]1O. The Morgan fingerprint density at radius 2 is 1.62 bits per heavy atom. The van der Waals surface area contributed by atoms with Crippen LogP contribution in [-0.4, -0.2) is 62.5 Å². The molecule has 0 saturated carbocycles. The second-order valence-electron chi connectivity index (χ2n) is 7.11. The van der Waals surface area contributed by atoms with Crippen molar-refractivity contribution in [3.63, 3.8) is 0 Å². The normalized spacial score (nSPS) is 23.2. The lowest BCUT2D eigenvalue weighted by molar-refractivity contribution is -0.287. The van der Waals surface area contributed by atoms with E-state index in [1.54, 1.807) is 0 Å². The molecule has 16 heteroatoms. The molecule has 4 atom stereocenters. The number of benzene rings is 1. The van der Waals surface area contributed by atoms with E-state index in [0.29, 0.717) is 12.1 Å². The van der Waals surface area contributed by atoms with Gasteiger partial charge in [-0.1, -0.05) is 6.07 Å². The zero-order valence-electron chi connectivity index (χ0n) is 16.6. The fourth-order valence-electron chi connectivity index (χ4n) is 3.26. The van der Waals surface area contributed by atoms with E-state index < -0.39 is 73.0 Å². The van der Waals surface area contributed by atoms with E-state index in [1.807, 2.05) is 4.98 Å². The highest BCUT2D eigenvalue weighted by atomic mass is 19.4. The van der Waals surface area contributed by atoms with Gasteiger partial charge in [0.15, 0.2) is 11.5 Å². The largest absolute Gasteiger partial charge is 0.573 e. The average molecular weight is 502 g/mol. The van der Waals surface area contributed by atoms with Crippen LogP contribution < -0.4 is 20.7 Å². The lowest BCUT2D eigenvalue weighted by Crippen LogP contribution is -2.36. The van der Waals surface area contributed by atoms with E-state index in [0.717, 1.165) is 16.8 Å². The number of H-pyrrole nitrogens is 1. The minimum Gasteiger partial charge on any atom is -0.402 e. The van der Waals surface area contributed by atoms with Gasteiger partial charge in [0.05, 0.1) is 18.7 Å². The number of nitrogens with zero attached hydrogens (tertiary/aromatic N) is 1. The van der Waals surface area contributed by atoms with Crippen molar-refractivity contribution >= 4 is 0 Å². The molecule has 1 aliphatic heterocycles. The molecule has 0 amide bonds. The molecule has 34 heavy (non-hydrogen) atoms. The first-order chi connectivity index (χ1) is 15.7. The van der Waals surface area contributed by atoms with Gasteiger partial charge in [-0.25, -0.2) is 4.79 Å². The van der Waals surface area contributed by atoms with Crippen LogP contribution in [0.3, 0.4) is 0 Å². The van der Waals surface area contributed by atoms with Gasteiger partial charge in [-0.2, -0.15) is 0 Å². The van der Waals surface area contributed by atoms with Crippen molar-refractivity contribution in [2.45, 2.75) is 43.7 Å². The minimum atomic E-state index is -5.36. The molecule has 1 aliphatic rings. The molecule has 0 radical (unpaired) electrons. The molecular weight excluding hydrogens is 486 g/mol. The van der Waals surface area contributed by atoms with Crippen LogP contribution in [0.4, 0.5) is 26.3 Å². The molecule has 2 aromatic rings. The van der Waals surface area contributed by atoms with E-state index in [4.69, 9.17) is 4.74 Å². The third kappa shape index (κ3) is 5.88. The molecule has 188 valence electrons.